The molecule has 0 saturated heterocycles. The van der Waals surface area contributed by atoms with E-state index >= 15 is 0 Å². The van der Waals surface area contributed by atoms with E-state index in [0.717, 1.165) is 11.1 Å². The van der Waals surface area contributed by atoms with Crippen molar-refractivity contribution in [2.45, 2.75) is 5.16 Å². The number of para-hydroxylation sites is 2. The van der Waals surface area contributed by atoms with E-state index in [1.807, 2.05) is 78.9 Å². The Morgan fingerprint density at radius 3 is 2.33 bits per heavy atom. The van der Waals surface area contributed by atoms with E-state index in [4.69, 9.17) is 15.5 Å². The molecule has 6 aromatic rings. The number of nitrogens with one attached hydrogen (secondary N) is 1. The lowest BCUT2D eigenvalue weighted by Crippen LogP contribution is -2.22. The summed E-state index contributed by atoms with van der Waals surface area (Å²) in [7, 11) is 1.59. The minimum Gasteiger partial charge on any atom is -0.497 e. The summed E-state index contributed by atoms with van der Waals surface area (Å²) in [6.07, 6.45) is 0. The Balaban J connectivity index is 1.20. The van der Waals surface area contributed by atoms with Crippen molar-refractivity contribution in [2.75, 3.05) is 23.9 Å². The largest absolute Gasteiger partial charge is 0.497 e. The number of fused-ring (bicyclic) bond motifs is 1. The smallest absolute Gasteiger partial charge is 0.266 e. The number of nitriles is 1. The zero-order chi connectivity index (χ0) is 31.3. The van der Waals surface area contributed by atoms with Gasteiger partial charge in [-0.15, -0.1) is 0 Å². The minimum atomic E-state index is -0.252. The Hall–Kier alpha value is -5.92. The maximum Gasteiger partial charge on any atom is 0.266 e. The first kappa shape index (κ1) is 29.2. The maximum atomic E-state index is 13.4. The lowest BCUT2D eigenvalue weighted by Gasteiger charge is -2.13. The molecule has 3 N–H and O–H groups in total. The van der Waals surface area contributed by atoms with Gasteiger partial charge in [-0.05, 0) is 60.2 Å². The third kappa shape index (κ3) is 6.11. The first-order valence-corrected chi connectivity index (χ1v) is 14.9. The summed E-state index contributed by atoms with van der Waals surface area (Å²) in [5.41, 5.74) is 10.9. The normalized spacial score (nSPS) is 10.8. The molecule has 0 aliphatic heterocycles. The number of anilines is 2. The molecule has 6 rings (SSSR count). The van der Waals surface area contributed by atoms with Crippen molar-refractivity contribution in [1.82, 2.24) is 14.5 Å². The number of carbonyl (C=O) groups is 1. The van der Waals surface area contributed by atoms with E-state index in [-0.39, 0.29) is 23.0 Å². The van der Waals surface area contributed by atoms with Crippen LogP contribution in [-0.4, -0.2) is 33.3 Å². The summed E-state index contributed by atoms with van der Waals surface area (Å²) in [5.74, 6) is 0.622. The van der Waals surface area contributed by atoms with Crippen molar-refractivity contribution in [3.8, 4) is 39.9 Å². The zero-order valence-corrected chi connectivity index (χ0v) is 24.9. The molecular formula is C35H26N6O3S. The second-order valence-corrected chi connectivity index (χ2v) is 10.9. The summed E-state index contributed by atoms with van der Waals surface area (Å²) < 4.78 is 6.78. The molecule has 45 heavy (non-hydrogen) atoms. The third-order valence-corrected chi connectivity index (χ3v) is 8.05. The number of carbonyl (C=O) groups excluding carboxylic acids is 1. The Morgan fingerprint density at radius 1 is 0.933 bits per heavy atom. The van der Waals surface area contributed by atoms with E-state index in [9.17, 15) is 14.9 Å². The summed E-state index contributed by atoms with van der Waals surface area (Å²) in [5, 5.41) is 13.6. The van der Waals surface area contributed by atoms with E-state index in [1.165, 1.54) is 16.3 Å². The predicted molar refractivity (Wildman–Crippen MR) is 177 cm³/mol. The molecule has 9 nitrogen and oxygen atoms in total. The summed E-state index contributed by atoms with van der Waals surface area (Å²) in [6.45, 7) is 0. The molecule has 0 bridgehead atoms. The molecule has 0 radical (unpaired) electrons. The summed E-state index contributed by atoms with van der Waals surface area (Å²) in [4.78, 5) is 35.5. The van der Waals surface area contributed by atoms with Crippen LogP contribution in [0.25, 0.3) is 39.0 Å². The van der Waals surface area contributed by atoms with Gasteiger partial charge in [0.05, 0.1) is 35.1 Å². The fourth-order valence-electron chi connectivity index (χ4n) is 4.89. The summed E-state index contributed by atoms with van der Waals surface area (Å²) >= 11 is 1.19. The number of hydrogen-bond acceptors (Lipinski definition) is 8. The van der Waals surface area contributed by atoms with Crippen LogP contribution in [0, 0.1) is 11.3 Å². The second kappa shape index (κ2) is 12.8. The zero-order valence-electron chi connectivity index (χ0n) is 24.1. The van der Waals surface area contributed by atoms with Crippen LogP contribution >= 0.6 is 11.8 Å². The molecule has 0 saturated carbocycles. The number of benzene rings is 4. The number of aromatic nitrogens is 3. The molecule has 0 atom stereocenters. The number of pyridine rings is 1. The van der Waals surface area contributed by atoms with Gasteiger partial charge in [-0.1, -0.05) is 66.4 Å². The van der Waals surface area contributed by atoms with Crippen molar-refractivity contribution in [2.24, 2.45) is 0 Å². The fourth-order valence-corrected chi connectivity index (χ4v) is 5.71. The van der Waals surface area contributed by atoms with Gasteiger partial charge >= 0.3 is 0 Å². The lowest BCUT2D eigenvalue weighted by atomic mass is 9.98. The highest BCUT2D eigenvalue weighted by Crippen LogP contribution is 2.32. The van der Waals surface area contributed by atoms with Gasteiger partial charge in [0.15, 0.2) is 5.16 Å². The maximum absolute atomic E-state index is 13.4. The second-order valence-electron chi connectivity index (χ2n) is 9.96. The molecule has 10 heteroatoms. The quantitative estimate of drug-likeness (QED) is 0.151. The number of nitrogens with two attached hydrogens (primary N) is 1. The van der Waals surface area contributed by atoms with Crippen LogP contribution in [0.5, 0.6) is 5.75 Å². The van der Waals surface area contributed by atoms with Gasteiger partial charge in [0.25, 0.3) is 5.56 Å². The Morgan fingerprint density at radius 2 is 1.62 bits per heavy atom. The Kier molecular flexibility index (Phi) is 8.26. The number of nitrogens with zero attached hydrogens (tertiary/aromatic N) is 4. The third-order valence-electron chi connectivity index (χ3n) is 7.12. The van der Waals surface area contributed by atoms with Gasteiger partial charge in [0.1, 0.15) is 23.2 Å². The van der Waals surface area contributed by atoms with E-state index in [1.54, 1.807) is 37.4 Å². The predicted octanol–water partition coefficient (Wildman–Crippen LogP) is 6.31. The van der Waals surface area contributed by atoms with E-state index < -0.39 is 0 Å². The number of rotatable bonds is 8. The van der Waals surface area contributed by atoms with E-state index in [2.05, 4.69) is 16.4 Å². The van der Waals surface area contributed by atoms with Crippen LogP contribution in [0.1, 0.15) is 5.56 Å². The standard InChI is InChI=1S/C35H26N6O3S/c1-44-26-17-13-22(14-18-26)28-19-31(39-33(37)29(28)20-36)23-11-15-24(16-12-23)38-32(42)21-45-35-40-30-10-6-5-9-27(30)34(43)41(35)25-7-3-2-4-8-25/h2-19H,21H2,1H3,(H2,37,39)(H,38,42). The van der Waals surface area contributed by atoms with Gasteiger partial charge in [-0.3, -0.25) is 14.2 Å². The number of hydrogen-bond donors (Lipinski definition) is 2. The first-order chi connectivity index (χ1) is 21.9. The van der Waals surface area contributed by atoms with Crippen LogP contribution in [0.2, 0.25) is 0 Å². The molecule has 0 unspecified atom stereocenters. The molecule has 2 aromatic heterocycles. The van der Waals surface area contributed by atoms with Crippen LogP contribution < -0.4 is 21.3 Å². The van der Waals surface area contributed by atoms with Gasteiger partial charge in [-0.2, -0.15) is 5.26 Å². The van der Waals surface area contributed by atoms with Gasteiger partial charge in [-0.25, -0.2) is 9.97 Å². The Labute approximate surface area is 263 Å². The van der Waals surface area contributed by atoms with Gasteiger partial charge < -0.3 is 15.8 Å². The van der Waals surface area contributed by atoms with Crippen molar-refractivity contribution >= 4 is 40.1 Å². The summed E-state index contributed by atoms with van der Waals surface area (Å²) in [6, 6.07) is 34.9. The highest BCUT2D eigenvalue weighted by molar-refractivity contribution is 7.99. The molecule has 220 valence electrons. The average Bonchev–Trinajstić information content (AvgIpc) is 3.08. The van der Waals surface area contributed by atoms with Crippen LogP contribution in [0.4, 0.5) is 11.5 Å². The van der Waals surface area contributed by atoms with Crippen LogP contribution in [0.15, 0.2) is 119 Å². The number of ether oxygens (including phenoxy) is 1. The van der Waals surface area contributed by atoms with Crippen molar-refractivity contribution in [3.05, 3.63) is 125 Å². The minimum absolute atomic E-state index is 0.0400. The Bertz CT molecular complexity index is 2120. The van der Waals surface area contributed by atoms with E-state index in [0.29, 0.717) is 50.0 Å². The highest BCUT2D eigenvalue weighted by Gasteiger charge is 2.16. The van der Waals surface area contributed by atoms with Gasteiger partial charge in [0, 0.05) is 16.8 Å². The first-order valence-electron chi connectivity index (χ1n) is 13.9. The average molecular weight is 611 g/mol. The van der Waals surface area contributed by atoms with Crippen molar-refractivity contribution in [3.63, 3.8) is 0 Å². The van der Waals surface area contributed by atoms with Crippen molar-refractivity contribution in [1.29, 1.82) is 5.26 Å². The van der Waals surface area contributed by atoms with Crippen molar-refractivity contribution < 1.29 is 9.53 Å². The SMILES string of the molecule is COc1ccc(-c2cc(-c3ccc(NC(=O)CSc4nc5ccccc5c(=O)n4-c4ccccc4)cc3)nc(N)c2C#N)cc1. The number of methoxy groups -OCH3 is 1. The molecule has 0 spiro atoms. The molecule has 1 amide bonds. The fraction of sp³-hybridized carbons (Fsp3) is 0.0571. The lowest BCUT2D eigenvalue weighted by molar-refractivity contribution is -0.113. The topological polar surface area (TPSA) is 136 Å². The molecular weight excluding hydrogens is 584 g/mol. The molecule has 0 fully saturated rings. The van der Waals surface area contributed by atoms with Crippen LogP contribution in [-0.2, 0) is 4.79 Å². The number of thioether (sulfide) groups is 1. The number of amides is 1. The molecule has 0 aliphatic carbocycles. The van der Waals surface area contributed by atoms with Crippen LogP contribution in [0.3, 0.4) is 0 Å². The molecule has 2 heterocycles. The molecule has 4 aromatic carbocycles. The molecule has 0 aliphatic rings. The monoisotopic (exact) mass is 610 g/mol. The van der Waals surface area contributed by atoms with Gasteiger partial charge in [0.2, 0.25) is 5.91 Å². The highest BCUT2D eigenvalue weighted by atomic mass is 32.2. The number of nitrogen functional groups attached to an aromatic ring is 1.